The predicted octanol–water partition coefficient (Wildman–Crippen LogP) is 1.79. The van der Waals surface area contributed by atoms with E-state index in [9.17, 15) is 9.59 Å². The second-order valence-corrected chi connectivity index (χ2v) is 5.67. The zero-order chi connectivity index (χ0) is 15.7. The Morgan fingerprint density at radius 1 is 1.38 bits per heavy atom. The molecule has 1 aromatic rings. The molecule has 0 unspecified atom stereocenters. The summed E-state index contributed by atoms with van der Waals surface area (Å²) in [5.41, 5.74) is 2.35. The molecular formula is C15H21NO4S. The van der Waals surface area contributed by atoms with Gasteiger partial charge in [0.05, 0.1) is 12.4 Å². The van der Waals surface area contributed by atoms with Gasteiger partial charge in [-0.25, -0.2) is 0 Å². The maximum atomic E-state index is 12.0. The molecule has 5 nitrogen and oxygen atoms in total. The van der Waals surface area contributed by atoms with Crippen molar-refractivity contribution in [3.8, 4) is 0 Å². The second-order valence-electron chi connectivity index (χ2n) is 4.68. The molecule has 1 aromatic carbocycles. The van der Waals surface area contributed by atoms with E-state index in [0.717, 1.165) is 11.3 Å². The summed E-state index contributed by atoms with van der Waals surface area (Å²) >= 11 is 1.49. The number of benzene rings is 1. The molecule has 0 saturated heterocycles. The van der Waals surface area contributed by atoms with Crippen LogP contribution in [0.1, 0.15) is 11.1 Å². The molecule has 0 radical (unpaired) electrons. The van der Waals surface area contributed by atoms with E-state index in [0.29, 0.717) is 13.2 Å². The molecule has 0 atom stereocenters. The van der Waals surface area contributed by atoms with E-state index < -0.39 is 5.97 Å². The van der Waals surface area contributed by atoms with Gasteiger partial charge in [-0.1, -0.05) is 29.8 Å². The number of aryl methyl sites for hydroxylation is 1. The summed E-state index contributed by atoms with van der Waals surface area (Å²) in [5.74, 6) is -0.181. The lowest BCUT2D eigenvalue weighted by molar-refractivity contribution is -0.143. The summed E-state index contributed by atoms with van der Waals surface area (Å²) in [6.07, 6.45) is 0. The lowest BCUT2D eigenvalue weighted by Gasteiger charge is -2.20. The number of nitrogens with zero attached hydrogens (tertiary/aromatic N) is 1. The molecule has 1 N–H and O–H groups in total. The van der Waals surface area contributed by atoms with Crippen molar-refractivity contribution in [1.82, 2.24) is 4.90 Å². The fraction of sp³-hybridized carbons (Fsp3) is 0.467. The van der Waals surface area contributed by atoms with Crippen LogP contribution >= 0.6 is 11.8 Å². The number of hydrogen-bond acceptors (Lipinski definition) is 4. The van der Waals surface area contributed by atoms with Crippen molar-refractivity contribution in [2.24, 2.45) is 0 Å². The fourth-order valence-electron chi connectivity index (χ4n) is 1.81. The average Bonchev–Trinajstić information content (AvgIpc) is 2.43. The quantitative estimate of drug-likeness (QED) is 0.753. The van der Waals surface area contributed by atoms with Crippen LogP contribution in [0.5, 0.6) is 0 Å². The first kappa shape index (κ1) is 17.5. The first-order valence-electron chi connectivity index (χ1n) is 6.64. The molecule has 1 rings (SSSR count). The van der Waals surface area contributed by atoms with Crippen molar-refractivity contribution in [3.05, 3.63) is 35.4 Å². The molecular weight excluding hydrogens is 290 g/mol. The third-order valence-corrected chi connectivity index (χ3v) is 3.81. The number of carbonyl (C=O) groups excluding carboxylic acids is 1. The lowest BCUT2D eigenvalue weighted by atomic mass is 10.2. The highest BCUT2D eigenvalue weighted by Gasteiger charge is 2.16. The highest BCUT2D eigenvalue weighted by atomic mass is 32.2. The summed E-state index contributed by atoms with van der Waals surface area (Å²) in [6, 6.07) is 8.11. The highest BCUT2D eigenvalue weighted by molar-refractivity contribution is 7.99. The van der Waals surface area contributed by atoms with Gasteiger partial charge in [0.15, 0.2) is 0 Å². The van der Waals surface area contributed by atoms with Gasteiger partial charge in [0.25, 0.3) is 0 Å². The Morgan fingerprint density at radius 2 is 2.14 bits per heavy atom. The van der Waals surface area contributed by atoms with Crippen molar-refractivity contribution in [1.29, 1.82) is 0 Å². The summed E-state index contributed by atoms with van der Waals surface area (Å²) in [5, 5.41) is 8.82. The SMILES string of the molecule is COCCN(CC(=O)O)C(=O)CSCc1cccc(C)c1. The molecule has 0 aliphatic rings. The molecule has 0 heterocycles. The Hall–Kier alpha value is -1.53. The highest BCUT2D eigenvalue weighted by Crippen LogP contribution is 2.14. The van der Waals surface area contributed by atoms with Crippen molar-refractivity contribution in [3.63, 3.8) is 0 Å². The molecule has 0 spiro atoms. The summed E-state index contributed by atoms with van der Waals surface area (Å²) in [4.78, 5) is 24.1. The summed E-state index contributed by atoms with van der Waals surface area (Å²) in [6.45, 7) is 2.38. The van der Waals surface area contributed by atoms with Crippen LogP contribution in [-0.4, -0.2) is 54.4 Å². The van der Waals surface area contributed by atoms with Gasteiger partial charge in [-0.15, -0.1) is 11.8 Å². The van der Waals surface area contributed by atoms with Crippen LogP contribution in [0.4, 0.5) is 0 Å². The Bertz CT molecular complexity index is 478. The standard InChI is InChI=1S/C15H21NO4S/c1-12-4-3-5-13(8-12)10-21-11-14(17)16(6-7-20-2)9-15(18)19/h3-5,8H,6-7,9-11H2,1-2H3,(H,18,19). The van der Waals surface area contributed by atoms with Crippen LogP contribution < -0.4 is 0 Å². The van der Waals surface area contributed by atoms with Gasteiger partial charge in [0, 0.05) is 19.4 Å². The predicted molar refractivity (Wildman–Crippen MR) is 83.4 cm³/mol. The summed E-state index contributed by atoms with van der Waals surface area (Å²) < 4.78 is 4.90. The van der Waals surface area contributed by atoms with Crippen LogP contribution in [0.2, 0.25) is 0 Å². The van der Waals surface area contributed by atoms with E-state index in [2.05, 4.69) is 6.07 Å². The van der Waals surface area contributed by atoms with Gasteiger partial charge in [0.2, 0.25) is 5.91 Å². The number of carbonyl (C=O) groups is 2. The number of aliphatic carboxylic acids is 1. The minimum atomic E-state index is -1.01. The zero-order valence-electron chi connectivity index (χ0n) is 12.4. The van der Waals surface area contributed by atoms with Gasteiger partial charge in [0.1, 0.15) is 6.54 Å². The van der Waals surface area contributed by atoms with E-state index >= 15 is 0 Å². The van der Waals surface area contributed by atoms with Crippen molar-refractivity contribution in [2.45, 2.75) is 12.7 Å². The molecule has 0 aromatic heterocycles. The van der Waals surface area contributed by atoms with E-state index in [4.69, 9.17) is 9.84 Å². The monoisotopic (exact) mass is 311 g/mol. The van der Waals surface area contributed by atoms with Crippen molar-refractivity contribution >= 4 is 23.6 Å². The number of carboxylic acid groups (broad SMARTS) is 1. The number of ether oxygens (including phenoxy) is 1. The maximum absolute atomic E-state index is 12.0. The van der Waals surface area contributed by atoms with E-state index in [-0.39, 0.29) is 18.2 Å². The molecule has 0 saturated carbocycles. The Labute approximate surface area is 129 Å². The average molecular weight is 311 g/mol. The van der Waals surface area contributed by atoms with E-state index in [1.165, 1.54) is 29.3 Å². The molecule has 0 aliphatic carbocycles. The molecule has 0 bridgehead atoms. The summed E-state index contributed by atoms with van der Waals surface area (Å²) in [7, 11) is 1.52. The van der Waals surface area contributed by atoms with Gasteiger partial charge in [-0.3, -0.25) is 9.59 Å². The van der Waals surface area contributed by atoms with Crippen molar-refractivity contribution < 1.29 is 19.4 Å². The smallest absolute Gasteiger partial charge is 0.323 e. The lowest BCUT2D eigenvalue weighted by Crippen LogP contribution is -2.39. The zero-order valence-corrected chi connectivity index (χ0v) is 13.2. The molecule has 0 fully saturated rings. The van der Waals surface area contributed by atoms with Crippen LogP contribution in [0.3, 0.4) is 0 Å². The Morgan fingerprint density at radius 3 is 2.76 bits per heavy atom. The molecule has 21 heavy (non-hydrogen) atoms. The van der Waals surface area contributed by atoms with Crippen LogP contribution in [0.15, 0.2) is 24.3 Å². The Kier molecular flexibility index (Phi) is 7.85. The number of amides is 1. The second kappa shape index (κ2) is 9.41. The third kappa shape index (κ3) is 7.15. The van der Waals surface area contributed by atoms with Gasteiger partial charge >= 0.3 is 5.97 Å². The normalized spacial score (nSPS) is 10.4. The number of thioether (sulfide) groups is 1. The van der Waals surface area contributed by atoms with E-state index in [1.807, 2.05) is 25.1 Å². The first-order chi connectivity index (χ1) is 10.0. The van der Waals surface area contributed by atoms with E-state index in [1.54, 1.807) is 0 Å². The first-order valence-corrected chi connectivity index (χ1v) is 7.80. The minimum absolute atomic E-state index is 0.174. The molecule has 116 valence electrons. The van der Waals surface area contributed by atoms with Gasteiger partial charge in [-0.05, 0) is 12.5 Å². The largest absolute Gasteiger partial charge is 0.480 e. The minimum Gasteiger partial charge on any atom is -0.480 e. The number of rotatable bonds is 9. The van der Waals surface area contributed by atoms with Crippen LogP contribution in [-0.2, 0) is 20.1 Å². The molecule has 6 heteroatoms. The Balaban J connectivity index is 2.43. The number of hydrogen-bond donors (Lipinski definition) is 1. The topological polar surface area (TPSA) is 66.8 Å². The van der Waals surface area contributed by atoms with Crippen molar-refractivity contribution in [2.75, 3.05) is 32.6 Å². The van der Waals surface area contributed by atoms with Crippen LogP contribution in [0, 0.1) is 6.92 Å². The third-order valence-electron chi connectivity index (χ3n) is 2.82. The molecule has 1 amide bonds. The van der Waals surface area contributed by atoms with Gasteiger partial charge in [-0.2, -0.15) is 0 Å². The number of methoxy groups -OCH3 is 1. The number of carboxylic acids is 1. The van der Waals surface area contributed by atoms with Gasteiger partial charge < -0.3 is 14.7 Å². The maximum Gasteiger partial charge on any atom is 0.323 e. The fourth-order valence-corrected chi connectivity index (χ4v) is 2.68. The molecule has 0 aliphatic heterocycles. The van der Waals surface area contributed by atoms with Crippen LogP contribution in [0.25, 0.3) is 0 Å².